The molecule has 0 bridgehead atoms. The summed E-state index contributed by atoms with van der Waals surface area (Å²) in [6.07, 6.45) is -2.83. The van der Waals surface area contributed by atoms with Gasteiger partial charge in [-0.15, -0.1) is 0 Å². The molecule has 3 nitrogen and oxygen atoms in total. The third-order valence-corrected chi connectivity index (χ3v) is 2.30. The molecule has 1 amide bonds. The van der Waals surface area contributed by atoms with E-state index in [-0.39, 0.29) is 24.1 Å². The summed E-state index contributed by atoms with van der Waals surface area (Å²) in [6.45, 7) is 0.697. The molecule has 1 aromatic carbocycles. The predicted octanol–water partition coefficient (Wildman–Crippen LogP) is 1.64. The van der Waals surface area contributed by atoms with Crippen molar-refractivity contribution < 1.29 is 18.3 Å². The number of ether oxygens (including phenoxy) is 1. The van der Waals surface area contributed by atoms with Crippen molar-refractivity contribution in [2.75, 3.05) is 6.61 Å². The molecule has 86 valence electrons. The van der Waals surface area contributed by atoms with E-state index in [1.54, 1.807) is 12.1 Å². The summed E-state index contributed by atoms with van der Waals surface area (Å²) in [6, 6.07) is 6.00. The number of rotatable bonds is 4. The predicted molar refractivity (Wildman–Crippen MR) is 53.0 cm³/mol. The highest BCUT2D eigenvalue weighted by molar-refractivity contribution is 5.82. The second-order valence-corrected chi connectivity index (χ2v) is 3.59. The van der Waals surface area contributed by atoms with Crippen LogP contribution < -0.4 is 5.32 Å². The fourth-order valence-corrected chi connectivity index (χ4v) is 1.34. The van der Waals surface area contributed by atoms with Crippen molar-refractivity contribution >= 4 is 5.91 Å². The van der Waals surface area contributed by atoms with Gasteiger partial charge in [0.25, 0.3) is 12.3 Å². The Hall–Kier alpha value is -1.49. The van der Waals surface area contributed by atoms with E-state index in [1.165, 1.54) is 12.1 Å². The van der Waals surface area contributed by atoms with E-state index >= 15 is 0 Å². The number of nitrogens with one attached hydrogen (secondary N) is 1. The minimum atomic E-state index is -2.48. The highest BCUT2D eigenvalue weighted by Gasteiger charge is 2.30. The van der Waals surface area contributed by atoms with Crippen LogP contribution in [0, 0.1) is 0 Å². The van der Waals surface area contributed by atoms with Gasteiger partial charge >= 0.3 is 0 Å². The lowest BCUT2D eigenvalue weighted by atomic mass is 10.1. The van der Waals surface area contributed by atoms with Gasteiger partial charge in [0, 0.05) is 12.1 Å². The zero-order chi connectivity index (χ0) is 11.5. The first-order chi connectivity index (χ1) is 7.66. The number of amides is 1. The smallest absolute Gasteiger partial charge is 0.263 e. The zero-order valence-corrected chi connectivity index (χ0v) is 8.45. The van der Waals surface area contributed by atoms with Crippen LogP contribution in [0.25, 0.3) is 0 Å². The molecule has 1 saturated heterocycles. The molecule has 1 aliphatic rings. The van der Waals surface area contributed by atoms with Crippen molar-refractivity contribution in [3.63, 3.8) is 0 Å². The first-order valence-electron chi connectivity index (χ1n) is 4.93. The Morgan fingerprint density at radius 2 is 2.31 bits per heavy atom. The van der Waals surface area contributed by atoms with E-state index in [1.807, 2.05) is 0 Å². The minimum Gasteiger partial charge on any atom is -0.363 e. The fraction of sp³-hybridized carbons (Fsp3) is 0.364. The second kappa shape index (κ2) is 4.57. The molecule has 1 aliphatic heterocycles. The number of carbonyl (C=O) groups excluding carboxylic acids is 1. The number of halogens is 2. The number of epoxide rings is 1. The standard InChI is InChI=1S/C11H11F2NO2/c12-10(13)8-3-1-2-7(4-8)5-14-11(15)9-6-16-9/h1-4,9-10H,5-6H2,(H,14,15). The van der Waals surface area contributed by atoms with E-state index in [0.717, 1.165) is 0 Å². The SMILES string of the molecule is O=C(NCc1cccc(C(F)F)c1)C1CO1. The van der Waals surface area contributed by atoms with Crippen LogP contribution in [0.5, 0.6) is 0 Å². The van der Waals surface area contributed by atoms with Crippen molar-refractivity contribution in [2.24, 2.45) is 0 Å². The van der Waals surface area contributed by atoms with Gasteiger partial charge in [0.05, 0.1) is 6.61 Å². The lowest BCUT2D eigenvalue weighted by Crippen LogP contribution is -2.27. The lowest BCUT2D eigenvalue weighted by Gasteiger charge is -2.05. The van der Waals surface area contributed by atoms with Crippen LogP contribution in [0.2, 0.25) is 0 Å². The summed E-state index contributed by atoms with van der Waals surface area (Å²) in [4.78, 5) is 11.2. The van der Waals surface area contributed by atoms with Crippen molar-refractivity contribution in [1.29, 1.82) is 0 Å². The van der Waals surface area contributed by atoms with E-state index in [0.29, 0.717) is 12.2 Å². The molecule has 1 atom stereocenters. The number of hydrogen-bond donors (Lipinski definition) is 1. The average molecular weight is 227 g/mol. The number of carbonyl (C=O) groups is 1. The molecule has 1 fully saturated rings. The van der Waals surface area contributed by atoms with Crippen molar-refractivity contribution in [2.45, 2.75) is 19.1 Å². The number of hydrogen-bond acceptors (Lipinski definition) is 2. The van der Waals surface area contributed by atoms with E-state index in [9.17, 15) is 13.6 Å². The Morgan fingerprint density at radius 1 is 1.56 bits per heavy atom. The van der Waals surface area contributed by atoms with Crippen LogP contribution in [-0.4, -0.2) is 18.6 Å². The van der Waals surface area contributed by atoms with Gasteiger partial charge in [0.2, 0.25) is 0 Å². The van der Waals surface area contributed by atoms with Gasteiger partial charge < -0.3 is 10.1 Å². The highest BCUT2D eigenvalue weighted by Crippen LogP contribution is 2.19. The molecule has 1 heterocycles. The van der Waals surface area contributed by atoms with Crippen LogP contribution in [0.3, 0.4) is 0 Å². The lowest BCUT2D eigenvalue weighted by molar-refractivity contribution is -0.122. The Labute approximate surface area is 91.4 Å². The summed E-state index contributed by atoms with van der Waals surface area (Å²) in [7, 11) is 0. The van der Waals surface area contributed by atoms with E-state index in [4.69, 9.17) is 4.74 Å². The minimum absolute atomic E-state index is 0.0329. The quantitative estimate of drug-likeness (QED) is 0.794. The molecule has 0 radical (unpaired) electrons. The molecule has 0 saturated carbocycles. The average Bonchev–Trinajstić information content (AvgIpc) is 3.10. The monoisotopic (exact) mass is 227 g/mol. The molecular formula is C11H11F2NO2. The van der Waals surface area contributed by atoms with Crippen LogP contribution in [0.15, 0.2) is 24.3 Å². The normalized spacial score (nSPS) is 18.6. The molecular weight excluding hydrogens is 216 g/mol. The molecule has 0 aliphatic carbocycles. The molecule has 2 rings (SSSR count). The Bertz CT molecular complexity index is 391. The van der Waals surface area contributed by atoms with Crippen LogP contribution >= 0.6 is 0 Å². The van der Waals surface area contributed by atoms with Crippen LogP contribution in [0.1, 0.15) is 17.6 Å². The maximum Gasteiger partial charge on any atom is 0.263 e. The van der Waals surface area contributed by atoms with Gasteiger partial charge in [-0.3, -0.25) is 4.79 Å². The summed E-state index contributed by atoms with van der Waals surface area (Å²) in [5, 5.41) is 2.62. The van der Waals surface area contributed by atoms with Crippen molar-refractivity contribution in [1.82, 2.24) is 5.32 Å². The second-order valence-electron chi connectivity index (χ2n) is 3.59. The van der Waals surface area contributed by atoms with Gasteiger partial charge in [0.1, 0.15) is 0 Å². The summed E-state index contributed by atoms with van der Waals surface area (Å²) < 4.78 is 29.5. The summed E-state index contributed by atoms with van der Waals surface area (Å²) >= 11 is 0. The maximum absolute atomic E-state index is 12.4. The van der Waals surface area contributed by atoms with Crippen LogP contribution in [-0.2, 0) is 16.1 Å². The number of alkyl halides is 2. The van der Waals surface area contributed by atoms with Gasteiger partial charge in [0.15, 0.2) is 6.10 Å². The molecule has 0 spiro atoms. The molecule has 16 heavy (non-hydrogen) atoms. The zero-order valence-electron chi connectivity index (χ0n) is 8.45. The largest absolute Gasteiger partial charge is 0.363 e. The first kappa shape index (κ1) is 11.0. The maximum atomic E-state index is 12.4. The molecule has 1 N–H and O–H groups in total. The Kier molecular flexibility index (Phi) is 3.14. The first-order valence-corrected chi connectivity index (χ1v) is 4.93. The van der Waals surface area contributed by atoms with Gasteiger partial charge in [-0.1, -0.05) is 18.2 Å². The Morgan fingerprint density at radius 3 is 2.94 bits per heavy atom. The van der Waals surface area contributed by atoms with Crippen LogP contribution in [0.4, 0.5) is 8.78 Å². The van der Waals surface area contributed by atoms with Crippen molar-refractivity contribution in [3.8, 4) is 0 Å². The van der Waals surface area contributed by atoms with E-state index in [2.05, 4.69) is 5.32 Å². The third-order valence-electron chi connectivity index (χ3n) is 2.30. The van der Waals surface area contributed by atoms with E-state index < -0.39 is 6.43 Å². The summed E-state index contributed by atoms with van der Waals surface area (Å²) in [5.41, 5.74) is 0.626. The fourth-order valence-electron chi connectivity index (χ4n) is 1.34. The molecule has 1 aromatic rings. The Balaban J connectivity index is 1.92. The summed E-state index contributed by atoms with van der Waals surface area (Å²) in [5.74, 6) is -0.192. The number of benzene rings is 1. The third kappa shape index (κ3) is 2.76. The van der Waals surface area contributed by atoms with Crippen molar-refractivity contribution in [3.05, 3.63) is 35.4 Å². The highest BCUT2D eigenvalue weighted by atomic mass is 19.3. The van der Waals surface area contributed by atoms with Gasteiger partial charge in [-0.05, 0) is 11.6 Å². The van der Waals surface area contributed by atoms with Gasteiger partial charge in [-0.2, -0.15) is 0 Å². The topological polar surface area (TPSA) is 41.6 Å². The molecule has 5 heteroatoms. The molecule has 0 aromatic heterocycles. The molecule has 1 unspecified atom stereocenters. The van der Waals surface area contributed by atoms with Gasteiger partial charge in [-0.25, -0.2) is 8.78 Å².